The van der Waals surface area contributed by atoms with Crippen LogP contribution in [-0.2, 0) is 16.0 Å². The van der Waals surface area contributed by atoms with E-state index < -0.39 is 17.9 Å². The molecule has 2 heterocycles. The summed E-state index contributed by atoms with van der Waals surface area (Å²) in [4.78, 5) is 32.8. The molecule has 0 saturated carbocycles. The predicted octanol–water partition coefficient (Wildman–Crippen LogP) is 5.28. The fourth-order valence-corrected chi connectivity index (χ4v) is 3.61. The quantitative estimate of drug-likeness (QED) is 0.328. The van der Waals surface area contributed by atoms with Gasteiger partial charge < -0.3 is 15.4 Å². The topological polar surface area (TPSA) is 93.2 Å². The van der Waals surface area contributed by atoms with Gasteiger partial charge in [0.05, 0.1) is 27.9 Å². The van der Waals surface area contributed by atoms with Crippen LogP contribution in [0.2, 0.25) is 15.2 Å². The molecule has 0 radical (unpaired) electrons. The Hall–Kier alpha value is -2.87. The first-order valence-corrected chi connectivity index (χ1v) is 10.8. The zero-order valence-electron chi connectivity index (χ0n) is 16.9. The highest BCUT2D eigenvalue weighted by atomic mass is 35.5. The molecule has 1 amide bonds. The minimum absolute atomic E-state index is 0.146. The van der Waals surface area contributed by atoms with Crippen LogP contribution in [0, 0.1) is 0 Å². The summed E-state index contributed by atoms with van der Waals surface area (Å²) in [7, 11) is 0. The maximum absolute atomic E-state index is 12.5. The van der Waals surface area contributed by atoms with Crippen molar-refractivity contribution in [2.24, 2.45) is 0 Å². The van der Waals surface area contributed by atoms with Crippen LogP contribution in [-0.4, -0.2) is 34.5 Å². The SMILES string of the molecule is CCOC(=O)C(Cc1ccc(NC(=O)c2c(Cl)cncc2Cl)cc1)Nc1cccnc1Cl. The van der Waals surface area contributed by atoms with Gasteiger partial charge in [-0.1, -0.05) is 46.9 Å². The van der Waals surface area contributed by atoms with E-state index in [4.69, 9.17) is 39.5 Å². The number of esters is 1. The Bertz CT molecular complexity index is 1090. The van der Waals surface area contributed by atoms with E-state index in [2.05, 4.69) is 20.6 Å². The Morgan fingerprint density at radius 2 is 1.75 bits per heavy atom. The van der Waals surface area contributed by atoms with Crippen molar-refractivity contribution in [2.75, 3.05) is 17.2 Å². The van der Waals surface area contributed by atoms with Crippen molar-refractivity contribution in [1.82, 2.24) is 9.97 Å². The largest absolute Gasteiger partial charge is 0.464 e. The van der Waals surface area contributed by atoms with Gasteiger partial charge in [0.25, 0.3) is 5.91 Å². The van der Waals surface area contributed by atoms with Crippen molar-refractivity contribution in [3.8, 4) is 0 Å². The van der Waals surface area contributed by atoms with Crippen molar-refractivity contribution in [1.29, 1.82) is 0 Å². The number of ether oxygens (including phenoxy) is 1. The first kappa shape index (κ1) is 23.8. The second-order valence-corrected chi connectivity index (χ2v) is 7.80. The minimum Gasteiger partial charge on any atom is -0.464 e. The number of hydrogen-bond donors (Lipinski definition) is 2. The van der Waals surface area contributed by atoms with E-state index in [1.54, 1.807) is 49.5 Å². The number of carbonyl (C=O) groups excluding carboxylic acids is 2. The number of rotatable bonds is 8. The van der Waals surface area contributed by atoms with Crippen molar-refractivity contribution < 1.29 is 14.3 Å². The maximum Gasteiger partial charge on any atom is 0.328 e. The number of halogens is 3. The van der Waals surface area contributed by atoms with Crippen LogP contribution in [0.3, 0.4) is 0 Å². The normalized spacial score (nSPS) is 11.5. The Morgan fingerprint density at radius 1 is 1.06 bits per heavy atom. The molecular weight excluding hydrogens is 475 g/mol. The summed E-state index contributed by atoms with van der Waals surface area (Å²) >= 11 is 18.2. The zero-order valence-corrected chi connectivity index (χ0v) is 19.2. The highest BCUT2D eigenvalue weighted by molar-refractivity contribution is 6.40. The van der Waals surface area contributed by atoms with Crippen molar-refractivity contribution in [3.63, 3.8) is 0 Å². The summed E-state index contributed by atoms with van der Waals surface area (Å²) in [6, 6.07) is 9.80. The lowest BCUT2D eigenvalue weighted by Gasteiger charge is -2.19. The number of carbonyl (C=O) groups is 2. The summed E-state index contributed by atoms with van der Waals surface area (Å²) in [5, 5.41) is 6.40. The number of nitrogens with one attached hydrogen (secondary N) is 2. The van der Waals surface area contributed by atoms with Gasteiger partial charge in [-0.3, -0.25) is 9.78 Å². The van der Waals surface area contributed by atoms with Gasteiger partial charge in [-0.2, -0.15) is 0 Å². The van der Waals surface area contributed by atoms with Gasteiger partial charge >= 0.3 is 5.97 Å². The van der Waals surface area contributed by atoms with Crippen LogP contribution in [0.1, 0.15) is 22.8 Å². The molecule has 0 aliphatic heterocycles. The zero-order chi connectivity index (χ0) is 23.1. The highest BCUT2D eigenvalue weighted by Crippen LogP contribution is 2.25. The average molecular weight is 494 g/mol. The van der Waals surface area contributed by atoms with E-state index in [1.807, 2.05) is 0 Å². The first-order chi connectivity index (χ1) is 15.4. The Labute approximate surface area is 200 Å². The molecule has 0 bridgehead atoms. The summed E-state index contributed by atoms with van der Waals surface area (Å²) in [6.45, 7) is 1.99. The molecule has 32 heavy (non-hydrogen) atoms. The van der Waals surface area contributed by atoms with Gasteiger partial charge in [0.1, 0.15) is 6.04 Å². The third kappa shape index (κ3) is 6.09. The lowest BCUT2D eigenvalue weighted by Crippen LogP contribution is -2.33. The number of anilines is 2. The van der Waals surface area contributed by atoms with E-state index in [0.29, 0.717) is 17.8 Å². The first-order valence-electron chi connectivity index (χ1n) is 9.62. The average Bonchev–Trinajstić information content (AvgIpc) is 2.76. The minimum atomic E-state index is -0.675. The van der Waals surface area contributed by atoms with Gasteiger partial charge in [0.2, 0.25) is 0 Å². The van der Waals surface area contributed by atoms with E-state index >= 15 is 0 Å². The second-order valence-electron chi connectivity index (χ2n) is 6.62. The van der Waals surface area contributed by atoms with Crippen molar-refractivity contribution >= 4 is 58.1 Å². The summed E-state index contributed by atoms with van der Waals surface area (Å²) < 4.78 is 5.18. The van der Waals surface area contributed by atoms with E-state index in [9.17, 15) is 9.59 Å². The highest BCUT2D eigenvalue weighted by Gasteiger charge is 2.22. The van der Waals surface area contributed by atoms with Crippen LogP contribution in [0.25, 0.3) is 0 Å². The van der Waals surface area contributed by atoms with Gasteiger partial charge in [0, 0.05) is 30.7 Å². The monoisotopic (exact) mass is 492 g/mol. The fraction of sp³-hybridized carbons (Fsp3) is 0.182. The molecule has 0 aliphatic carbocycles. The molecule has 0 fully saturated rings. The molecule has 7 nitrogen and oxygen atoms in total. The number of amides is 1. The van der Waals surface area contributed by atoms with Gasteiger partial charge in [-0.15, -0.1) is 0 Å². The fourth-order valence-electron chi connectivity index (χ4n) is 2.90. The number of hydrogen-bond acceptors (Lipinski definition) is 6. The summed E-state index contributed by atoms with van der Waals surface area (Å²) in [6.07, 6.45) is 4.59. The third-order valence-corrected chi connectivity index (χ3v) is 5.27. The van der Waals surface area contributed by atoms with Crippen LogP contribution in [0.4, 0.5) is 11.4 Å². The molecule has 1 atom stereocenters. The molecule has 166 valence electrons. The lowest BCUT2D eigenvalue weighted by atomic mass is 10.0. The van der Waals surface area contributed by atoms with E-state index in [-0.39, 0.29) is 27.4 Å². The smallest absolute Gasteiger partial charge is 0.328 e. The predicted molar refractivity (Wildman–Crippen MR) is 126 cm³/mol. The molecule has 3 rings (SSSR count). The summed E-state index contributed by atoms with van der Waals surface area (Å²) in [5.41, 5.74) is 2.06. The van der Waals surface area contributed by atoms with Crippen LogP contribution < -0.4 is 10.6 Å². The van der Waals surface area contributed by atoms with Crippen LogP contribution in [0.15, 0.2) is 55.0 Å². The standard InChI is InChI=1S/C22H19Cl3N4O3/c1-2-32-22(31)18(29-17-4-3-9-27-20(17)25)10-13-5-7-14(8-6-13)28-21(30)19-15(23)11-26-12-16(19)24/h3-9,11-12,18,29H,2,10H2,1H3,(H,28,30). The lowest BCUT2D eigenvalue weighted by molar-refractivity contribution is -0.144. The number of nitrogens with zero attached hydrogens (tertiary/aromatic N) is 2. The molecule has 1 unspecified atom stereocenters. The third-order valence-electron chi connectivity index (χ3n) is 4.39. The second kappa shape index (κ2) is 11.1. The molecule has 0 saturated heterocycles. The van der Waals surface area contributed by atoms with Gasteiger partial charge in [-0.25, -0.2) is 9.78 Å². The number of aromatic nitrogens is 2. The Kier molecular flexibility index (Phi) is 8.27. The van der Waals surface area contributed by atoms with Gasteiger partial charge in [-0.05, 0) is 36.8 Å². The Morgan fingerprint density at radius 3 is 2.38 bits per heavy atom. The van der Waals surface area contributed by atoms with Crippen LogP contribution >= 0.6 is 34.8 Å². The molecule has 0 aliphatic rings. The molecule has 10 heteroatoms. The van der Waals surface area contributed by atoms with E-state index in [1.165, 1.54) is 12.4 Å². The van der Waals surface area contributed by atoms with Crippen LogP contribution in [0.5, 0.6) is 0 Å². The molecule has 0 spiro atoms. The maximum atomic E-state index is 12.5. The number of pyridine rings is 2. The summed E-state index contributed by atoms with van der Waals surface area (Å²) in [5.74, 6) is -0.862. The molecule has 1 aromatic carbocycles. The van der Waals surface area contributed by atoms with E-state index in [0.717, 1.165) is 5.56 Å². The van der Waals surface area contributed by atoms with Gasteiger partial charge in [0.15, 0.2) is 5.15 Å². The molecule has 3 aromatic rings. The van der Waals surface area contributed by atoms with Crippen molar-refractivity contribution in [2.45, 2.75) is 19.4 Å². The molecule has 2 N–H and O–H groups in total. The van der Waals surface area contributed by atoms with Crippen molar-refractivity contribution in [3.05, 3.63) is 81.3 Å². The molecule has 2 aromatic heterocycles. The Balaban J connectivity index is 1.72. The number of benzene rings is 1. The molecular formula is C22H19Cl3N4O3.